The van der Waals surface area contributed by atoms with Crippen molar-refractivity contribution in [3.63, 3.8) is 0 Å². The van der Waals surface area contributed by atoms with E-state index in [2.05, 4.69) is 76.1 Å². The maximum absolute atomic E-state index is 5.49. The number of hydrogen-bond acceptors (Lipinski definition) is 8. The van der Waals surface area contributed by atoms with Gasteiger partial charge in [-0.2, -0.15) is 4.98 Å². The number of anilines is 5. The van der Waals surface area contributed by atoms with E-state index in [0.717, 1.165) is 69.1 Å². The molecule has 190 valence electrons. The molecule has 0 amide bonds. The minimum Gasteiger partial charge on any atom is -0.497 e. The highest BCUT2D eigenvalue weighted by Crippen LogP contribution is 2.31. The number of aromatic nitrogens is 2. The first kappa shape index (κ1) is 24.2. The number of piperazine rings is 1. The second-order valence-corrected chi connectivity index (χ2v) is 10.0. The van der Waals surface area contributed by atoms with Crippen LogP contribution in [0.5, 0.6) is 5.75 Å². The molecule has 8 heteroatoms. The van der Waals surface area contributed by atoms with Crippen LogP contribution in [0.2, 0.25) is 0 Å². The Morgan fingerprint density at radius 2 is 1.67 bits per heavy atom. The summed E-state index contributed by atoms with van der Waals surface area (Å²) >= 11 is 0. The Morgan fingerprint density at radius 3 is 2.36 bits per heavy atom. The summed E-state index contributed by atoms with van der Waals surface area (Å²) in [6.45, 7) is 12.7. The molecule has 1 aromatic heterocycles. The summed E-state index contributed by atoms with van der Waals surface area (Å²) in [5.41, 5.74) is 4.61. The van der Waals surface area contributed by atoms with Gasteiger partial charge in [0.1, 0.15) is 11.6 Å². The van der Waals surface area contributed by atoms with Crippen molar-refractivity contribution in [2.75, 3.05) is 73.1 Å². The Morgan fingerprint density at radius 1 is 0.917 bits per heavy atom. The van der Waals surface area contributed by atoms with Crippen molar-refractivity contribution >= 4 is 28.8 Å². The Bertz CT molecular complexity index is 1180. The zero-order valence-corrected chi connectivity index (χ0v) is 21.7. The van der Waals surface area contributed by atoms with E-state index in [1.807, 2.05) is 24.4 Å². The molecule has 0 radical (unpaired) electrons. The quantitative estimate of drug-likeness (QED) is 0.545. The molecule has 0 spiro atoms. The van der Waals surface area contributed by atoms with Crippen molar-refractivity contribution in [3.8, 4) is 5.75 Å². The summed E-state index contributed by atoms with van der Waals surface area (Å²) < 4.78 is 10.8. The molecular weight excluding hydrogens is 452 g/mol. The van der Waals surface area contributed by atoms with Crippen molar-refractivity contribution in [3.05, 3.63) is 60.3 Å². The number of nitrogens with zero attached hydrogens (tertiary/aromatic N) is 5. The van der Waals surface area contributed by atoms with Gasteiger partial charge in [0.2, 0.25) is 5.95 Å². The fourth-order valence-corrected chi connectivity index (χ4v) is 5.08. The highest BCUT2D eigenvalue weighted by molar-refractivity contribution is 5.66. The second-order valence-electron chi connectivity index (χ2n) is 10.0. The Balaban J connectivity index is 1.27. The number of rotatable bonds is 6. The highest BCUT2D eigenvalue weighted by Gasteiger charge is 2.35. The lowest BCUT2D eigenvalue weighted by Gasteiger charge is -2.48. The van der Waals surface area contributed by atoms with Gasteiger partial charge in [-0.15, -0.1) is 0 Å². The smallest absolute Gasteiger partial charge is 0.227 e. The SMILES string of the molecule is COc1ccc(N2CCN(c3nccc(Nc4ccc(N5CCOCC5)cc4C)n3)CC2(C)C)cc1. The predicted octanol–water partition coefficient (Wildman–Crippen LogP) is 4.48. The molecule has 5 rings (SSSR count). The summed E-state index contributed by atoms with van der Waals surface area (Å²) in [4.78, 5) is 16.6. The van der Waals surface area contributed by atoms with Crippen LogP contribution in [0.1, 0.15) is 19.4 Å². The van der Waals surface area contributed by atoms with Crippen molar-refractivity contribution in [1.29, 1.82) is 0 Å². The molecule has 0 unspecified atom stereocenters. The van der Waals surface area contributed by atoms with E-state index in [4.69, 9.17) is 14.5 Å². The topological polar surface area (TPSA) is 66.0 Å². The maximum atomic E-state index is 5.49. The van der Waals surface area contributed by atoms with Gasteiger partial charge in [0.15, 0.2) is 0 Å². The lowest BCUT2D eigenvalue weighted by Crippen LogP contribution is -2.60. The van der Waals surface area contributed by atoms with Crippen molar-refractivity contribution in [1.82, 2.24) is 9.97 Å². The molecule has 36 heavy (non-hydrogen) atoms. The first-order valence-corrected chi connectivity index (χ1v) is 12.6. The highest BCUT2D eigenvalue weighted by atomic mass is 16.5. The summed E-state index contributed by atoms with van der Waals surface area (Å²) in [5, 5.41) is 3.50. The number of ether oxygens (including phenoxy) is 2. The van der Waals surface area contributed by atoms with Crippen LogP contribution < -0.4 is 24.8 Å². The van der Waals surface area contributed by atoms with Gasteiger partial charge in [-0.05, 0) is 74.9 Å². The lowest BCUT2D eigenvalue weighted by molar-refractivity contribution is 0.122. The third kappa shape index (κ3) is 5.18. The Kier molecular flexibility index (Phi) is 6.87. The van der Waals surface area contributed by atoms with E-state index in [1.54, 1.807) is 7.11 Å². The van der Waals surface area contributed by atoms with E-state index >= 15 is 0 Å². The standard InChI is InChI=1S/C28H36N6O2/c1-21-19-23(32-15-17-36-18-16-32)7-10-25(21)30-26-11-12-29-27(31-26)33-13-14-34(28(2,3)20-33)22-5-8-24(35-4)9-6-22/h5-12,19H,13-18,20H2,1-4H3,(H,29,30,31). The molecule has 0 bridgehead atoms. The van der Waals surface area contributed by atoms with E-state index in [-0.39, 0.29) is 5.54 Å². The van der Waals surface area contributed by atoms with Crippen LogP contribution in [0, 0.1) is 6.92 Å². The van der Waals surface area contributed by atoms with E-state index in [9.17, 15) is 0 Å². The van der Waals surface area contributed by atoms with Gasteiger partial charge in [0.05, 0.1) is 25.9 Å². The molecule has 3 aromatic rings. The molecule has 0 atom stereocenters. The summed E-state index contributed by atoms with van der Waals surface area (Å²) in [5.74, 6) is 2.43. The summed E-state index contributed by atoms with van der Waals surface area (Å²) in [6, 6.07) is 16.8. The van der Waals surface area contributed by atoms with Crippen LogP contribution in [0.3, 0.4) is 0 Å². The number of aryl methyl sites for hydroxylation is 1. The van der Waals surface area contributed by atoms with Gasteiger partial charge in [0.25, 0.3) is 0 Å². The molecule has 2 saturated heterocycles. The van der Waals surface area contributed by atoms with Crippen LogP contribution in [-0.2, 0) is 4.74 Å². The average molecular weight is 489 g/mol. The molecule has 2 fully saturated rings. The fourth-order valence-electron chi connectivity index (χ4n) is 5.08. The molecule has 0 aliphatic carbocycles. The van der Waals surface area contributed by atoms with Gasteiger partial charge < -0.3 is 29.5 Å². The maximum Gasteiger partial charge on any atom is 0.227 e. The Hall–Kier alpha value is -3.52. The number of morpholine rings is 1. The zero-order valence-electron chi connectivity index (χ0n) is 21.7. The largest absolute Gasteiger partial charge is 0.497 e. The van der Waals surface area contributed by atoms with Crippen LogP contribution in [0.25, 0.3) is 0 Å². The predicted molar refractivity (Wildman–Crippen MR) is 146 cm³/mol. The van der Waals surface area contributed by atoms with Crippen molar-refractivity contribution in [2.45, 2.75) is 26.3 Å². The fraction of sp³-hybridized carbons (Fsp3) is 0.429. The molecular formula is C28H36N6O2. The van der Waals surface area contributed by atoms with E-state index < -0.39 is 0 Å². The van der Waals surface area contributed by atoms with Crippen LogP contribution in [-0.4, -0.2) is 68.6 Å². The molecule has 2 aliphatic rings. The number of nitrogens with one attached hydrogen (secondary N) is 1. The average Bonchev–Trinajstić information content (AvgIpc) is 2.90. The van der Waals surface area contributed by atoms with Crippen molar-refractivity contribution < 1.29 is 9.47 Å². The normalized spacial score (nSPS) is 17.7. The van der Waals surface area contributed by atoms with Gasteiger partial charge in [-0.3, -0.25) is 0 Å². The Labute approximate surface area is 213 Å². The summed E-state index contributed by atoms with van der Waals surface area (Å²) in [7, 11) is 1.70. The van der Waals surface area contributed by atoms with Crippen LogP contribution in [0.15, 0.2) is 54.7 Å². The minimum atomic E-state index is -0.0778. The number of benzene rings is 2. The molecule has 2 aliphatic heterocycles. The molecule has 3 heterocycles. The first-order valence-electron chi connectivity index (χ1n) is 12.6. The van der Waals surface area contributed by atoms with Crippen molar-refractivity contribution in [2.24, 2.45) is 0 Å². The number of hydrogen-bond donors (Lipinski definition) is 1. The van der Waals surface area contributed by atoms with Gasteiger partial charge in [-0.25, -0.2) is 4.98 Å². The van der Waals surface area contributed by atoms with E-state index in [0.29, 0.717) is 0 Å². The number of methoxy groups -OCH3 is 1. The second kappa shape index (κ2) is 10.2. The van der Waals surface area contributed by atoms with Crippen LogP contribution in [0.4, 0.5) is 28.8 Å². The lowest BCUT2D eigenvalue weighted by atomic mass is 9.98. The van der Waals surface area contributed by atoms with Gasteiger partial charge in [-0.1, -0.05) is 0 Å². The summed E-state index contributed by atoms with van der Waals surface area (Å²) in [6.07, 6.45) is 1.84. The molecule has 8 nitrogen and oxygen atoms in total. The monoisotopic (exact) mass is 488 g/mol. The first-order chi connectivity index (χ1) is 17.4. The van der Waals surface area contributed by atoms with Gasteiger partial charge >= 0.3 is 0 Å². The van der Waals surface area contributed by atoms with E-state index in [1.165, 1.54) is 16.9 Å². The minimum absolute atomic E-state index is 0.0778. The molecule has 1 N–H and O–H groups in total. The molecule has 0 saturated carbocycles. The third-order valence-corrected chi connectivity index (χ3v) is 7.06. The van der Waals surface area contributed by atoms with Crippen LogP contribution >= 0.6 is 0 Å². The van der Waals surface area contributed by atoms with Gasteiger partial charge in [0, 0.05) is 56.0 Å². The zero-order chi connectivity index (χ0) is 25.1. The third-order valence-electron chi connectivity index (χ3n) is 7.06. The molecule has 2 aromatic carbocycles.